The van der Waals surface area contributed by atoms with Crippen LogP contribution in [0, 0.1) is 12.3 Å². The van der Waals surface area contributed by atoms with Gasteiger partial charge in [0.05, 0.1) is 4.88 Å². The number of hydrogen-bond donors (Lipinski definition) is 0. The van der Waals surface area contributed by atoms with Crippen molar-refractivity contribution in [1.82, 2.24) is 0 Å². The van der Waals surface area contributed by atoms with Crippen molar-refractivity contribution in [3.8, 4) is 12.3 Å². The summed E-state index contributed by atoms with van der Waals surface area (Å²) in [6, 6.07) is 4.23. The molecule has 0 aliphatic heterocycles. The molecule has 16 heavy (non-hydrogen) atoms. The summed E-state index contributed by atoms with van der Waals surface area (Å²) in [6.07, 6.45) is 16.2. The summed E-state index contributed by atoms with van der Waals surface area (Å²) >= 11 is 1.77. The van der Waals surface area contributed by atoms with Crippen LogP contribution in [0.2, 0.25) is 0 Å². The maximum atomic E-state index is 5.35. The van der Waals surface area contributed by atoms with Crippen LogP contribution in [0.25, 0.3) is 0 Å². The fourth-order valence-corrected chi connectivity index (χ4v) is 2.71. The Hall–Kier alpha value is -0.740. The molecule has 0 unspecified atom stereocenters. The van der Waals surface area contributed by atoms with Gasteiger partial charge in [0.2, 0.25) is 0 Å². The van der Waals surface area contributed by atoms with E-state index < -0.39 is 0 Å². The van der Waals surface area contributed by atoms with E-state index in [0.29, 0.717) is 0 Å². The molecule has 0 N–H and O–H groups in total. The lowest BCUT2D eigenvalue weighted by Crippen LogP contribution is -1.82. The molecule has 1 rings (SSSR count). The largest absolute Gasteiger partial charge is 0.132 e. The van der Waals surface area contributed by atoms with Crippen molar-refractivity contribution in [2.24, 2.45) is 0 Å². The van der Waals surface area contributed by atoms with E-state index in [4.69, 9.17) is 6.42 Å². The Kier molecular flexibility index (Phi) is 7.01. The molecule has 0 saturated carbocycles. The number of hydrogen-bond acceptors (Lipinski definition) is 1. The standard InChI is InChI=1S/C15H22S/c1-3-5-6-7-8-9-10-11-15-13-12-14(4-2)16-15/h2,12-13H,3,5-11H2,1H3. The molecule has 0 aliphatic rings. The van der Waals surface area contributed by atoms with Crippen LogP contribution in [-0.2, 0) is 6.42 Å². The van der Waals surface area contributed by atoms with Gasteiger partial charge in [-0.15, -0.1) is 17.8 Å². The molecule has 0 spiro atoms. The molecule has 1 aromatic heterocycles. The zero-order valence-electron chi connectivity index (χ0n) is 10.3. The molecule has 0 nitrogen and oxygen atoms in total. The third kappa shape index (κ3) is 5.37. The Morgan fingerprint density at radius 1 is 1.06 bits per heavy atom. The second-order valence-electron chi connectivity index (χ2n) is 4.28. The van der Waals surface area contributed by atoms with Crippen molar-refractivity contribution in [3.05, 3.63) is 21.9 Å². The molecule has 0 aromatic carbocycles. The summed E-state index contributed by atoms with van der Waals surface area (Å²) in [5.74, 6) is 2.69. The molecule has 0 atom stereocenters. The first-order valence-electron chi connectivity index (χ1n) is 6.42. The fourth-order valence-electron chi connectivity index (χ4n) is 1.85. The molecule has 0 amide bonds. The van der Waals surface area contributed by atoms with Crippen molar-refractivity contribution in [1.29, 1.82) is 0 Å². The van der Waals surface area contributed by atoms with Crippen molar-refractivity contribution in [2.45, 2.75) is 58.3 Å². The zero-order chi connectivity index (χ0) is 11.6. The smallest absolute Gasteiger partial charge is 0.0768 e. The van der Waals surface area contributed by atoms with E-state index in [9.17, 15) is 0 Å². The summed E-state index contributed by atoms with van der Waals surface area (Å²) in [6.45, 7) is 2.26. The maximum Gasteiger partial charge on any atom is 0.0768 e. The summed E-state index contributed by atoms with van der Waals surface area (Å²) in [4.78, 5) is 2.51. The molecule has 1 heterocycles. The lowest BCUT2D eigenvalue weighted by atomic mass is 10.1. The van der Waals surface area contributed by atoms with Gasteiger partial charge in [-0.3, -0.25) is 0 Å². The van der Waals surface area contributed by atoms with E-state index in [1.54, 1.807) is 11.3 Å². The van der Waals surface area contributed by atoms with E-state index in [1.165, 1.54) is 56.2 Å². The number of aryl methyl sites for hydroxylation is 1. The lowest BCUT2D eigenvalue weighted by molar-refractivity contribution is 0.590. The molecule has 0 radical (unpaired) electrons. The zero-order valence-corrected chi connectivity index (χ0v) is 11.1. The first kappa shape index (κ1) is 13.3. The fraction of sp³-hybridized carbons (Fsp3) is 0.600. The molecule has 0 saturated heterocycles. The van der Waals surface area contributed by atoms with Crippen molar-refractivity contribution in [3.63, 3.8) is 0 Å². The van der Waals surface area contributed by atoms with Crippen LogP contribution >= 0.6 is 11.3 Å². The minimum Gasteiger partial charge on any atom is -0.132 e. The predicted molar refractivity (Wildman–Crippen MR) is 74.0 cm³/mol. The van der Waals surface area contributed by atoms with Gasteiger partial charge in [-0.05, 0) is 25.0 Å². The van der Waals surface area contributed by atoms with E-state index in [1.807, 2.05) is 0 Å². The number of unbranched alkanes of at least 4 members (excludes halogenated alkanes) is 6. The molecule has 0 aliphatic carbocycles. The van der Waals surface area contributed by atoms with Crippen LogP contribution in [0.1, 0.15) is 61.6 Å². The number of rotatable bonds is 8. The van der Waals surface area contributed by atoms with Crippen LogP contribution in [0.15, 0.2) is 12.1 Å². The summed E-state index contributed by atoms with van der Waals surface area (Å²) in [5.41, 5.74) is 0. The van der Waals surface area contributed by atoms with Gasteiger partial charge in [0.25, 0.3) is 0 Å². The lowest BCUT2D eigenvalue weighted by Gasteiger charge is -1.99. The van der Waals surface area contributed by atoms with Crippen LogP contribution in [0.5, 0.6) is 0 Å². The summed E-state index contributed by atoms with van der Waals surface area (Å²) in [5, 5.41) is 0. The predicted octanol–water partition coefficient (Wildman–Crippen LogP) is 5.02. The van der Waals surface area contributed by atoms with E-state index in [2.05, 4.69) is 25.0 Å². The van der Waals surface area contributed by atoms with Gasteiger partial charge in [-0.25, -0.2) is 0 Å². The molecule has 0 fully saturated rings. The Morgan fingerprint density at radius 3 is 2.38 bits per heavy atom. The van der Waals surface area contributed by atoms with Gasteiger partial charge in [0.15, 0.2) is 0 Å². The normalized spacial score (nSPS) is 10.2. The topological polar surface area (TPSA) is 0 Å². The SMILES string of the molecule is C#Cc1ccc(CCCCCCCCC)s1. The Labute approximate surface area is 104 Å². The van der Waals surface area contributed by atoms with Crippen molar-refractivity contribution >= 4 is 11.3 Å². The van der Waals surface area contributed by atoms with Gasteiger partial charge < -0.3 is 0 Å². The average Bonchev–Trinajstić information content (AvgIpc) is 2.76. The molecular formula is C15H22S. The van der Waals surface area contributed by atoms with Crippen LogP contribution in [0.3, 0.4) is 0 Å². The molecule has 1 aromatic rings. The Balaban J connectivity index is 2.01. The summed E-state index contributed by atoms with van der Waals surface area (Å²) < 4.78 is 0. The van der Waals surface area contributed by atoms with Gasteiger partial charge in [0, 0.05) is 4.88 Å². The van der Waals surface area contributed by atoms with E-state index in [-0.39, 0.29) is 0 Å². The third-order valence-corrected chi connectivity index (χ3v) is 3.91. The Morgan fingerprint density at radius 2 is 1.75 bits per heavy atom. The summed E-state index contributed by atoms with van der Waals surface area (Å²) in [7, 11) is 0. The monoisotopic (exact) mass is 234 g/mol. The van der Waals surface area contributed by atoms with Gasteiger partial charge in [0.1, 0.15) is 0 Å². The second-order valence-corrected chi connectivity index (χ2v) is 5.45. The van der Waals surface area contributed by atoms with E-state index in [0.717, 1.165) is 4.88 Å². The molecule has 88 valence electrons. The van der Waals surface area contributed by atoms with Gasteiger partial charge in [-0.2, -0.15) is 0 Å². The quantitative estimate of drug-likeness (QED) is 0.437. The van der Waals surface area contributed by atoms with Crippen molar-refractivity contribution < 1.29 is 0 Å². The highest BCUT2D eigenvalue weighted by Gasteiger charge is 1.97. The maximum absolute atomic E-state index is 5.35. The second kappa shape index (κ2) is 8.42. The first-order valence-corrected chi connectivity index (χ1v) is 7.23. The van der Waals surface area contributed by atoms with Crippen LogP contribution < -0.4 is 0 Å². The first-order chi connectivity index (χ1) is 7.86. The van der Waals surface area contributed by atoms with Gasteiger partial charge >= 0.3 is 0 Å². The average molecular weight is 234 g/mol. The third-order valence-electron chi connectivity index (χ3n) is 2.83. The Bertz CT molecular complexity index is 316. The highest BCUT2D eigenvalue weighted by Crippen LogP contribution is 2.18. The van der Waals surface area contributed by atoms with Crippen molar-refractivity contribution in [2.75, 3.05) is 0 Å². The van der Waals surface area contributed by atoms with Gasteiger partial charge in [-0.1, -0.05) is 51.4 Å². The molecule has 0 bridgehead atoms. The highest BCUT2D eigenvalue weighted by molar-refractivity contribution is 7.12. The minimum atomic E-state index is 1.07. The minimum absolute atomic E-state index is 1.07. The highest BCUT2D eigenvalue weighted by atomic mass is 32.1. The van der Waals surface area contributed by atoms with Crippen LogP contribution in [-0.4, -0.2) is 0 Å². The molecular weight excluding hydrogens is 212 g/mol. The number of thiophene rings is 1. The van der Waals surface area contributed by atoms with Crippen LogP contribution in [0.4, 0.5) is 0 Å². The molecule has 1 heteroatoms. The van der Waals surface area contributed by atoms with E-state index >= 15 is 0 Å². The number of terminal acetylenes is 1.